The van der Waals surface area contributed by atoms with Gasteiger partial charge in [-0.25, -0.2) is 0 Å². The van der Waals surface area contributed by atoms with Crippen molar-refractivity contribution in [3.05, 3.63) is 59.7 Å². The molecule has 2 heteroatoms. The first-order valence-corrected chi connectivity index (χ1v) is 7.12. The van der Waals surface area contributed by atoms with E-state index in [9.17, 15) is 0 Å². The van der Waals surface area contributed by atoms with Gasteiger partial charge in [-0.3, -0.25) is 0 Å². The molecule has 0 aliphatic heterocycles. The Morgan fingerprint density at radius 1 is 0.944 bits per heavy atom. The third kappa shape index (κ3) is 3.81. The van der Waals surface area contributed by atoms with E-state index in [4.69, 9.17) is 4.74 Å². The second-order valence-electron chi connectivity index (χ2n) is 4.28. The van der Waals surface area contributed by atoms with E-state index < -0.39 is 0 Å². The zero-order valence-electron chi connectivity index (χ0n) is 10.8. The minimum Gasteiger partial charge on any atom is -0.492 e. The van der Waals surface area contributed by atoms with Crippen LogP contribution in [-0.4, -0.2) is 12.4 Å². The summed E-state index contributed by atoms with van der Waals surface area (Å²) in [7, 11) is 0. The first kappa shape index (κ1) is 13.0. The second kappa shape index (κ2) is 6.50. The monoisotopic (exact) mass is 258 g/mol. The Morgan fingerprint density at radius 2 is 1.67 bits per heavy atom. The highest BCUT2D eigenvalue weighted by Crippen LogP contribution is 2.20. The number of ether oxygens (including phenoxy) is 1. The molecule has 0 amide bonds. The summed E-state index contributed by atoms with van der Waals surface area (Å²) in [6.45, 7) is 4.92. The molecular weight excluding hydrogens is 240 g/mol. The predicted molar refractivity (Wildman–Crippen MR) is 78.6 cm³/mol. The lowest BCUT2D eigenvalue weighted by atomic mass is 10.2. The molecule has 0 bridgehead atoms. The zero-order valence-corrected chi connectivity index (χ0v) is 11.7. The average molecular weight is 258 g/mol. The average Bonchev–Trinajstić information content (AvgIpc) is 2.39. The molecule has 0 atom stereocenters. The molecule has 0 saturated heterocycles. The lowest BCUT2D eigenvalue weighted by Crippen LogP contribution is -2.01. The van der Waals surface area contributed by atoms with Crippen LogP contribution in [0.4, 0.5) is 0 Å². The summed E-state index contributed by atoms with van der Waals surface area (Å²) in [5.74, 6) is 1.96. The van der Waals surface area contributed by atoms with Crippen LogP contribution >= 0.6 is 11.8 Å². The van der Waals surface area contributed by atoms with Gasteiger partial charge in [-0.05, 0) is 37.6 Å². The molecule has 94 valence electrons. The van der Waals surface area contributed by atoms with Gasteiger partial charge in [-0.1, -0.05) is 35.9 Å². The maximum atomic E-state index is 5.76. The first-order valence-electron chi connectivity index (χ1n) is 6.13. The van der Waals surface area contributed by atoms with Crippen molar-refractivity contribution < 1.29 is 4.74 Å². The predicted octanol–water partition coefficient (Wildman–Crippen LogP) is 4.47. The minimum atomic E-state index is 0.739. The lowest BCUT2D eigenvalue weighted by Gasteiger charge is -2.08. The van der Waals surface area contributed by atoms with Gasteiger partial charge in [0.15, 0.2) is 0 Å². The second-order valence-corrected chi connectivity index (χ2v) is 5.44. The van der Waals surface area contributed by atoms with E-state index in [0.29, 0.717) is 0 Å². The highest BCUT2D eigenvalue weighted by Gasteiger charge is 1.98. The summed E-state index contributed by atoms with van der Waals surface area (Å²) in [4.78, 5) is 1.30. The number of hydrogen-bond acceptors (Lipinski definition) is 2. The number of hydrogen-bond donors (Lipinski definition) is 0. The van der Waals surface area contributed by atoms with Crippen LogP contribution in [0.25, 0.3) is 0 Å². The topological polar surface area (TPSA) is 9.23 Å². The van der Waals surface area contributed by atoms with Crippen LogP contribution in [0.1, 0.15) is 11.1 Å². The van der Waals surface area contributed by atoms with Gasteiger partial charge in [0.25, 0.3) is 0 Å². The Hall–Kier alpha value is -1.41. The van der Waals surface area contributed by atoms with Crippen LogP contribution < -0.4 is 4.74 Å². The maximum Gasteiger partial charge on any atom is 0.122 e. The van der Waals surface area contributed by atoms with Crippen molar-refractivity contribution in [1.29, 1.82) is 0 Å². The molecule has 2 rings (SSSR count). The van der Waals surface area contributed by atoms with Crippen molar-refractivity contribution in [2.24, 2.45) is 0 Å². The molecule has 0 N–H and O–H groups in total. The maximum absolute atomic E-state index is 5.76. The highest BCUT2D eigenvalue weighted by atomic mass is 32.2. The highest BCUT2D eigenvalue weighted by molar-refractivity contribution is 7.99. The number of thioether (sulfide) groups is 1. The number of rotatable bonds is 5. The van der Waals surface area contributed by atoms with Crippen LogP contribution in [0.15, 0.2) is 53.4 Å². The third-order valence-electron chi connectivity index (χ3n) is 2.72. The molecule has 0 radical (unpaired) electrons. The van der Waals surface area contributed by atoms with Crippen LogP contribution in [0.5, 0.6) is 5.75 Å². The molecule has 0 aliphatic carbocycles. The van der Waals surface area contributed by atoms with E-state index in [-0.39, 0.29) is 0 Å². The molecule has 0 fully saturated rings. The van der Waals surface area contributed by atoms with Crippen LogP contribution in [-0.2, 0) is 0 Å². The fourth-order valence-electron chi connectivity index (χ4n) is 1.66. The number of benzene rings is 2. The molecule has 0 unspecified atom stereocenters. The summed E-state index contributed by atoms with van der Waals surface area (Å²) in [5.41, 5.74) is 2.49. The largest absolute Gasteiger partial charge is 0.492 e. The standard InChI is InChI=1S/C16H18OS/c1-13-7-9-15(10-8-13)18-12-11-17-16-6-4-3-5-14(16)2/h3-10H,11-12H2,1-2H3. The van der Waals surface area contributed by atoms with Gasteiger partial charge in [0, 0.05) is 10.6 Å². The molecule has 0 spiro atoms. The van der Waals surface area contributed by atoms with E-state index in [1.54, 1.807) is 0 Å². The zero-order chi connectivity index (χ0) is 12.8. The minimum absolute atomic E-state index is 0.739. The van der Waals surface area contributed by atoms with Gasteiger partial charge in [-0.2, -0.15) is 0 Å². The van der Waals surface area contributed by atoms with E-state index >= 15 is 0 Å². The van der Waals surface area contributed by atoms with Crippen molar-refractivity contribution in [3.63, 3.8) is 0 Å². The molecule has 0 saturated carbocycles. The van der Waals surface area contributed by atoms with E-state index in [0.717, 1.165) is 18.1 Å². The van der Waals surface area contributed by atoms with E-state index in [1.807, 2.05) is 30.0 Å². The fraction of sp³-hybridized carbons (Fsp3) is 0.250. The molecule has 2 aromatic rings. The molecule has 0 heterocycles. The van der Waals surface area contributed by atoms with Crippen LogP contribution in [0.2, 0.25) is 0 Å². The van der Waals surface area contributed by atoms with Gasteiger partial charge < -0.3 is 4.74 Å². The normalized spacial score (nSPS) is 10.3. The van der Waals surface area contributed by atoms with Crippen molar-refractivity contribution in [2.45, 2.75) is 18.7 Å². The summed E-state index contributed by atoms with van der Waals surface area (Å²) in [5, 5.41) is 0. The van der Waals surface area contributed by atoms with Gasteiger partial charge in [0.05, 0.1) is 6.61 Å². The SMILES string of the molecule is Cc1ccc(SCCOc2ccccc2C)cc1. The van der Waals surface area contributed by atoms with E-state index in [1.165, 1.54) is 16.0 Å². The molecular formula is C16H18OS. The molecule has 1 nitrogen and oxygen atoms in total. The summed E-state index contributed by atoms with van der Waals surface area (Å²) >= 11 is 1.83. The number of para-hydroxylation sites is 1. The van der Waals surface area contributed by atoms with Crippen molar-refractivity contribution in [3.8, 4) is 5.75 Å². The van der Waals surface area contributed by atoms with Gasteiger partial charge in [0.2, 0.25) is 0 Å². The van der Waals surface area contributed by atoms with Crippen molar-refractivity contribution in [2.75, 3.05) is 12.4 Å². The fourth-order valence-corrected chi connectivity index (χ4v) is 2.39. The van der Waals surface area contributed by atoms with Crippen molar-refractivity contribution >= 4 is 11.8 Å². The summed E-state index contributed by atoms with van der Waals surface area (Å²) in [6, 6.07) is 16.7. The Balaban J connectivity index is 1.76. The Labute approximate surface area is 113 Å². The number of aryl methyl sites for hydroxylation is 2. The molecule has 0 aromatic heterocycles. The quantitative estimate of drug-likeness (QED) is 0.578. The molecule has 18 heavy (non-hydrogen) atoms. The summed E-state index contributed by atoms with van der Waals surface area (Å²) in [6.07, 6.45) is 0. The van der Waals surface area contributed by atoms with Gasteiger partial charge in [0.1, 0.15) is 5.75 Å². The lowest BCUT2D eigenvalue weighted by molar-refractivity contribution is 0.341. The molecule has 0 aliphatic rings. The van der Waals surface area contributed by atoms with Gasteiger partial charge >= 0.3 is 0 Å². The van der Waals surface area contributed by atoms with E-state index in [2.05, 4.69) is 44.2 Å². The van der Waals surface area contributed by atoms with Crippen molar-refractivity contribution in [1.82, 2.24) is 0 Å². The first-order chi connectivity index (χ1) is 8.75. The van der Waals surface area contributed by atoms with Gasteiger partial charge in [-0.15, -0.1) is 11.8 Å². The Bertz CT molecular complexity index is 491. The Morgan fingerprint density at radius 3 is 2.39 bits per heavy atom. The Kier molecular flexibility index (Phi) is 4.71. The third-order valence-corrected chi connectivity index (χ3v) is 3.70. The van der Waals surface area contributed by atoms with Crippen LogP contribution in [0, 0.1) is 13.8 Å². The van der Waals surface area contributed by atoms with Crippen LogP contribution in [0.3, 0.4) is 0 Å². The summed E-state index contributed by atoms with van der Waals surface area (Å²) < 4.78 is 5.76. The smallest absolute Gasteiger partial charge is 0.122 e. The molecule has 2 aromatic carbocycles.